The Hall–Kier alpha value is -3.16. The van der Waals surface area contributed by atoms with E-state index in [9.17, 15) is 9.18 Å². The number of rotatable bonds is 7. The number of carbonyl (C=O) groups is 1. The zero-order chi connectivity index (χ0) is 24.2. The predicted molar refractivity (Wildman–Crippen MR) is 140 cm³/mol. The van der Waals surface area contributed by atoms with Crippen LogP contribution in [-0.4, -0.2) is 23.4 Å². The summed E-state index contributed by atoms with van der Waals surface area (Å²) in [4.78, 5) is 14.9. The van der Waals surface area contributed by atoms with Crippen LogP contribution in [-0.2, 0) is 4.79 Å². The molecule has 0 aliphatic carbocycles. The van der Waals surface area contributed by atoms with Gasteiger partial charge in [0.1, 0.15) is 30.5 Å². The number of ether oxygens (including phenoxy) is 2. The van der Waals surface area contributed by atoms with Gasteiger partial charge in [-0.15, -0.1) is 0 Å². The lowest BCUT2D eigenvalue weighted by Gasteiger charge is -2.14. The van der Waals surface area contributed by atoms with Gasteiger partial charge in [-0.3, -0.25) is 9.69 Å². The first-order valence-electron chi connectivity index (χ1n) is 10.8. The molecule has 1 saturated heterocycles. The number of thiocarbonyl (C=S) groups is 1. The van der Waals surface area contributed by atoms with Gasteiger partial charge in [0.05, 0.1) is 10.6 Å². The second-order valence-electron chi connectivity index (χ2n) is 8.00. The molecule has 0 saturated carbocycles. The molecular formula is C27H24FNO3S2. The molecule has 3 aromatic rings. The summed E-state index contributed by atoms with van der Waals surface area (Å²) < 4.78 is 25.9. The lowest BCUT2D eigenvalue weighted by atomic mass is 10.1. The van der Waals surface area contributed by atoms with E-state index in [0.717, 1.165) is 22.4 Å². The maximum absolute atomic E-state index is 13.7. The smallest absolute Gasteiger partial charge is 0.270 e. The third-order valence-electron chi connectivity index (χ3n) is 5.24. The Balaban J connectivity index is 1.48. The number of halogens is 1. The van der Waals surface area contributed by atoms with Gasteiger partial charge >= 0.3 is 0 Å². The van der Waals surface area contributed by atoms with Crippen molar-refractivity contribution in [2.75, 3.05) is 18.1 Å². The molecule has 0 aromatic heterocycles. The standard InChI is InChI=1S/C27H24FNO3S2/c1-17-7-9-23(19(3)13-17)31-11-12-32-24-10-8-18(2)14-20(24)15-25-26(30)29(27(33)34-25)22-6-4-5-21(28)16-22/h4-10,13-16H,11-12H2,1-3H3. The molecule has 4 nitrogen and oxygen atoms in total. The number of hydrogen-bond acceptors (Lipinski definition) is 5. The minimum Gasteiger partial charge on any atom is -0.490 e. The van der Waals surface area contributed by atoms with Crippen molar-refractivity contribution >= 4 is 46.0 Å². The van der Waals surface area contributed by atoms with Crippen LogP contribution in [0, 0.1) is 26.6 Å². The van der Waals surface area contributed by atoms with Gasteiger partial charge in [0.15, 0.2) is 4.32 Å². The van der Waals surface area contributed by atoms with Crippen molar-refractivity contribution < 1.29 is 18.7 Å². The van der Waals surface area contributed by atoms with Crippen LogP contribution in [0.3, 0.4) is 0 Å². The third-order valence-corrected chi connectivity index (χ3v) is 6.54. The average Bonchev–Trinajstić information content (AvgIpc) is 3.06. The lowest BCUT2D eigenvalue weighted by molar-refractivity contribution is -0.113. The number of benzene rings is 3. The summed E-state index contributed by atoms with van der Waals surface area (Å²) in [7, 11) is 0. The van der Waals surface area contributed by atoms with Gasteiger partial charge in [-0.1, -0.05) is 59.4 Å². The van der Waals surface area contributed by atoms with Gasteiger partial charge in [-0.25, -0.2) is 4.39 Å². The average molecular weight is 494 g/mol. The van der Waals surface area contributed by atoms with Crippen LogP contribution >= 0.6 is 24.0 Å². The minimum atomic E-state index is -0.423. The molecule has 34 heavy (non-hydrogen) atoms. The van der Waals surface area contributed by atoms with E-state index >= 15 is 0 Å². The van der Waals surface area contributed by atoms with E-state index in [0.29, 0.717) is 33.9 Å². The summed E-state index contributed by atoms with van der Waals surface area (Å²) in [6, 6.07) is 17.7. The van der Waals surface area contributed by atoms with Gasteiger partial charge in [0.2, 0.25) is 0 Å². The Morgan fingerprint density at radius 2 is 1.62 bits per heavy atom. The highest BCUT2D eigenvalue weighted by Gasteiger charge is 2.33. The van der Waals surface area contributed by atoms with Crippen LogP contribution in [0.1, 0.15) is 22.3 Å². The highest BCUT2D eigenvalue weighted by Crippen LogP contribution is 2.37. The van der Waals surface area contributed by atoms with Gasteiger partial charge in [0.25, 0.3) is 5.91 Å². The molecule has 0 spiro atoms. The van der Waals surface area contributed by atoms with E-state index < -0.39 is 5.82 Å². The second-order valence-corrected chi connectivity index (χ2v) is 9.68. The largest absolute Gasteiger partial charge is 0.490 e. The van der Waals surface area contributed by atoms with Crippen molar-refractivity contribution in [1.82, 2.24) is 0 Å². The van der Waals surface area contributed by atoms with Crippen LogP contribution in [0.15, 0.2) is 65.6 Å². The Morgan fingerprint density at radius 3 is 2.32 bits per heavy atom. The zero-order valence-corrected chi connectivity index (χ0v) is 20.8. The van der Waals surface area contributed by atoms with E-state index in [2.05, 4.69) is 6.07 Å². The normalized spacial score (nSPS) is 14.7. The van der Waals surface area contributed by atoms with Crippen LogP contribution in [0.4, 0.5) is 10.1 Å². The third kappa shape index (κ3) is 5.48. The van der Waals surface area contributed by atoms with Crippen LogP contribution in [0.2, 0.25) is 0 Å². The number of carbonyl (C=O) groups excluding carboxylic acids is 1. The van der Waals surface area contributed by atoms with Crippen LogP contribution in [0.25, 0.3) is 6.08 Å². The van der Waals surface area contributed by atoms with Crippen molar-refractivity contribution in [3.05, 3.63) is 93.6 Å². The molecule has 0 bridgehead atoms. The maximum Gasteiger partial charge on any atom is 0.270 e. The highest BCUT2D eigenvalue weighted by molar-refractivity contribution is 8.27. The first kappa shape index (κ1) is 24.0. The maximum atomic E-state index is 13.7. The fourth-order valence-electron chi connectivity index (χ4n) is 3.62. The number of hydrogen-bond donors (Lipinski definition) is 0. The van der Waals surface area contributed by atoms with Crippen LogP contribution < -0.4 is 14.4 Å². The van der Waals surface area contributed by atoms with E-state index in [1.54, 1.807) is 18.2 Å². The van der Waals surface area contributed by atoms with E-state index in [4.69, 9.17) is 21.7 Å². The molecule has 1 heterocycles. The van der Waals surface area contributed by atoms with Gasteiger partial charge < -0.3 is 9.47 Å². The van der Waals surface area contributed by atoms with Crippen molar-refractivity contribution in [1.29, 1.82) is 0 Å². The van der Waals surface area contributed by atoms with Crippen molar-refractivity contribution in [2.45, 2.75) is 20.8 Å². The Bertz CT molecular complexity index is 1290. The first-order chi connectivity index (χ1) is 16.3. The molecule has 7 heteroatoms. The number of thioether (sulfide) groups is 1. The number of nitrogens with zero attached hydrogens (tertiary/aromatic N) is 1. The quantitative estimate of drug-likeness (QED) is 0.210. The van der Waals surface area contributed by atoms with Gasteiger partial charge in [-0.05, 0) is 68.8 Å². The van der Waals surface area contributed by atoms with Crippen molar-refractivity contribution in [3.63, 3.8) is 0 Å². The summed E-state index contributed by atoms with van der Waals surface area (Å²) in [6.07, 6.45) is 1.77. The Labute approximate surface area is 208 Å². The first-order valence-corrected chi connectivity index (χ1v) is 12.0. The minimum absolute atomic E-state index is 0.286. The van der Waals surface area contributed by atoms with Crippen molar-refractivity contribution in [2.24, 2.45) is 0 Å². The van der Waals surface area contributed by atoms with Gasteiger partial charge in [-0.2, -0.15) is 0 Å². The summed E-state index contributed by atoms with van der Waals surface area (Å²) in [5, 5.41) is 0. The number of aryl methyl sites for hydroxylation is 3. The van der Waals surface area contributed by atoms with E-state index in [1.807, 2.05) is 51.1 Å². The highest BCUT2D eigenvalue weighted by atomic mass is 32.2. The SMILES string of the molecule is Cc1ccc(OCCOc2ccc(C)cc2C=C2SC(=S)N(c3cccc(F)c3)C2=O)c(C)c1. The molecule has 4 rings (SSSR count). The molecule has 1 aliphatic rings. The van der Waals surface area contributed by atoms with Crippen molar-refractivity contribution in [3.8, 4) is 11.5 Å². The van der Waals surface area contributed by atoms with E-state index in [-0.39, 0.29) is 5.91 Å². The monoisotopic (exact) mass is 493 g/mol. The lowest BCUT2D eigenvalue weighted by Crippen LogP contribution is -2.27. The topological polar surface area (TPSA) is 38.8 Å². The summed E-state index contributed by atoms with van der Waals surface area (Å²) in [5.74, 6) is 0.768. The zero-order valence-electron chi connectivity index (χ0n) is 19.1. The molecule has 0 atom stereocenters. The summed E-state index contributed by atoms with van der Waals surface area (Å²) >= 11 is 6.59. The molecule has 3 aromatic carbocycles. The fraction of sp³-hybridized carbons (Fsp3) is 0.185. The second kappa shape index (κ2) is 10.4. The number of amides is 1. The molecule has 0 unspecified atom stereocenters. The van der Waals surface area contributed by atoms with Gasteiger partial charge in [0, 0.05) is 5.56 Å². The molecule has 1 aliphatic heterocycles. The van der Waals surface area contributed by atoms with Crippen LogP contribution in [0.5, 0.6) is 11.5 Å². The Kier molecular flexibility index (Phi) is 7.34. The molecule has 1 amide bonds. The molecule has 0 radical (unpaired) electrons. The Morgan fingerprint density at radius 1 is 0.941 bits per heavy atom. The number of anilines is 1. The molecule has 174 valence electrons. The molecule has 1 fully saturated rings. The summed E-state index contributed by atoms with van der Waals surface area (Å²) in [6.45, 7) is 6.77. The molecule has 0 N–H and O–H groups in total. The predicted octanol–water partition coefficient (Wildman–Crippen LogP) is 6.61. The summed E-state index contributed by atoms with van der Waals surface area (Å²) in [5.41, 5.74) is 4.48. The van der Waals surface area contributed by atoms with E-state index in [1.165, 1.54) is 34.4 Å². The fourth-order valence-corrected chi connectivity index (χ4v) is 4.91. The molecular weight excluding hydrogens is 469 g/mol.